The van der Waals surface area contributed by atoms with Crippen molar-refractivity contribution in [2.75, 3.05) is 32.8 Å². The molecule has 2 rings (SSSR count). The fraction of sp³-hybridized carbons (Fsp3) is 0.889. The Bertz CT molecular complexity index is 419. The van der Waals surface area contributed by atoms with Gasteiger partial charge in [-0.25, -0.2) is 0 Å². The van der Waals surface area contributed by atoms with Gasteiger partial charge in [-0.3, -0.25) is 9.79 Å². The van der Waals surface area contributed by atoms with Crippen LogP contribution in [0, 0.1) is 5.92 Å². The number of guanidine groups is 1. The van der Waals surface area contributed by atoms with Gasteiger partial charge < -0.3 is 20.7 Å². The number of hydrogen-bond donors (Lipinski definition) is 3. The molecule has 0 bridgehead atoms. The lowest BCUT2D eigenvalue weighted by molar-refractivity contribution is -0.125. The van der Waals surface area contributed by atoms with E-state index in [4.69, 9.17) is 4.74 Å². The Morgan fingerprint density at radius 3 is 2.48 bits per heavy atom. The van der Waals surface area contributed by atoms with Gasteiger partial charge in [-0.2, -0.15) is 0 Å². The van der Waals surface area contributed by atoms with Crippen molar-refractivity contribution < 1.29 is 9.53 Å². The van der Waals surface area contributed by atoms with Crippen LogP contribution in [-0.2, 0) is 9.53 Å². The summed E-state index contributed by atoms with van der Waals surface area (Å²) in [4.78, 5) is 16.7. The number of rotatable bonds is 7. The average Bonchev–Trinajstić information content (AvgIpc) is 3.04. The lowest BCUT2D eigenvalue weighted by atomic mass is 9.89. The van der Waals surface area contributed by atoms with Crippen LogP contribution in [-0.4, -0.2) is 50.3 Å². The molecule has 6 nitrogen and oxygen atoms in total. The van der Waals surface area contributed by atoms with Crippen LogP contribution in [0.5, 0.6) is 0 Å². The SMILES string of the molecule is CCNC(=NCC1(C)CCCO1)NCCNC(=O)C1CCCCC1.I. The minimum Gasteiger partial charge on any atom is -0.373 e. The molecule has 1 heterocycles. The smallest absolute Gasteiger partial charge is 0.223 e. The van der Waals surface area contributed by atoms with Crippen molar-refractivity contribution in [3.05, 3.63) is 0 Å². The van der Waals surface area contributed by atoms with Crippen molar-refractivity contribution in [3.8, 4) is 0 Å². The van der Waals surface area contributed by atoms with E-state index < -0.39 is 0 Å². The van der Waals surface area contributed by atoms with E-state index in [1.807, 2.05) is 0 Å². The highest BCUT2D eigenvalue weighted by atomic mass is 127. The molecular weight excluding hydrogens is 431 g/mol. The zero-order valence-corrected chi connectivity index (χ0v) is 18.1. The largest absolute Gasteiger partial charge is 0.373 e. The highest BCUT2D eigenvalue weighted by Gasteiger charge is 2.29. The quantitative estimate of drug-likeness (QED) is 0.233. The number of halogens is 1. The van der Waals surface area contributed by atoms with E-state index in [2.05, 4.69) is 34.8 Å². The van der Waals surface area contributed by atoms with Gasteiger partial charge in [0.15, 0.2) is 5.96 Å². The number of amides is 1. The Morgan fingerprint density at radius 2 is 1.84 bits per heavy atom. The summed E-state index contributed by atoms with van der Waals surface area (Å²) in [5, 5.41) is 9.58. The molecule has 25 heavy (non-hydrogen) atoms. The number of hydrogen-bond acceptors (Lipinski definition) is 3. The van der Waals surface area contributed by atoms with E-state index in [1.165, 1.54) is 19.3 Å². The van der Waals surface area contributed by atoms with Crippen molar-refractivity contribution in [1.29, 1.82) is 0 Å². The maximum atomic E-state index is 12.1. The van der Waals surface area contributed by atoms with Crippen LogP contribution in [0.25, 0.3) is 0 Å². The second kappa shape index (κ2) is 11.9. The first-order valence-electron chi connectivity index (χ1n) is 9.57. The monoisotopic (exact) mass is 466 g/mol. The fourth-order valence-corrected chi connectivity index (χ4v) is 3.43. The molecule has 1 unspecified atom stereocenters. The van der Waals surface area contributed by atoms with Crippen LogP contribution in [0.2, 0.25) is 0 Å². The highest BCUT2D eigenvalue weighted by Crippen LogP contribution is 2.25. The van der Waals surface area contributed by atoms with E-state index >= 15 is 0 Å². The van der Waals surface area contributed by atoms with Crippen molar-refractivity contribution in [2.24, 2.45) is 10.9 Å². The van der Waals surface area contributed by atoms with Crippen LogP contribution < -0.4 is 16.0 Å². The predicted molar refractivity (Wildman–Crippen MR) is 113 cm³/mol. The van der Waals surface area contributed by atoms with Crippen LogP contribution in [0.4, 0.5) is 0 Å². The maximum Gasteiger partial charge on any atom is 0.223 e. The molecule has 2 fully saturated rings. The first-order valence-corrected chi connectivity index (χ1v) is 9.57. The van der Waals surface area contributed by atoms with Crippen LogP contribution in [0.15, 0.2) is 4.99 Å². The van der Waals surface area contributed by atoms with Gasteiger partial charge >= 0.3 is 0 Å². The number of carbonyl (C=O) groups is 1. The molecule has 0 aromatic rings. The molecule has 0 aromatic carbocycles. The standard InChI is InChI=1S/C18H34N4O2.HI/c1-3-19-17(22-14-18(2)10-7-13-24-18)21-12-11-20-16(23)15-8-5-4-6-9-15;/h15H,3-14H2,1-2H3,(H,20,23)(H2,19,21,22);1H. The Labute approximate surface area is 169 Å². The number of carbonyl (C=O) groups excluding carboxylic acids is 1. The van der Waals surface area contributed by atoms with Gasteiger partial charge in [0.25, 0.3) is 0 Å². The first-order chi connectivity index (χ1) is 11.6. The molecule has 1 saturated heterocycles. The van der Waals surface area contributed by atoms with Crippen molar-refractivity contribution >= 4 is 35.8 Å². The van der Waals surface area contributed by atoms with E-state index in [1.54, 1.807) is 0 Å². The summed E-state index contributed by atoms with van der Waals surface area (Å²) in [7, 11) is 0. The van der Waals surface area contributed by atoms with E-state index in [-0.39, 0.29) is 41.4 Å². The third-order valence-corrected chi connectivity index (χ3v) is 4.91. The molecule has 7 heteroatoms. The Morgan fingerprint density at radius 1 is 1.12 bits per heavy atom. The van der Waals surface area contributed by atoms with Crippen molar-refractivity contribution in [1.82, 2.24) is 16.0 Å². The molecular formula is C18H35IN4O2. The number of aliphatic imine (C=N–C) groups is 1. The zero-order chi connectivity index (χ0) is 17.3. The third kappa shape index (κ3) is 8.11. The minimum atomic E-state index is -0.127. The lowest BCUT2D eigenvalue weighted by Crippen LogP contribution is -2.43. The van der Waals surface area contributed by atoms with Crippen LogP contribution >= 0.6 is 24.0 Å². The van der Waals surface area contributed by atoms with E-state index in [9.17, 15) is 4.79 Å². The van der Waals surface area contributed by atoms with Crippen molar-refractivity contribution in [2.45, 2.75) is 64.4 Å². The molecule has 1 saturated carbocycles. The Kier molecular flexibility index (Phi) is 10.7. The van der Waals surface area contributed by atoms with Crippen molar-refractivity contribution in [3.63, 3.8) is 0 Å². The molecule has 0 radical (unpaired) electrons. The fourth-order valence-electron chi connectivity index (χ4n) is 3.43. The molecule has 0 spiro atoms. The van der Waals surface area contributed by atoms with Gasteiger partial charge in [0.1, 0.15) is 0 Å². The molecule has 1 aliphatic carbocycles. The third-order valence-electron chi connectivity index (χ3n) is 4.91. The van der Waals surface area contributed by atoms with E-state index in [0.29, 0.717) is 19.6 Å². The first kappa shape index (κ1) is 22.5. The highest BCUT2D eigenvalue weighted by molar-refractivity contribution is 14.0. The molecule has 1 aliphatic heterocycles. The molecule has 2 aliphatic rings. The number of nitrogens with zero attached hydrogens (tertiary/aromatic N) is 1. The van der Waals surface area contributed by atoms with E-state index in [0.717, 1.165) is 44.8 Å². The Balaban J connectivity index is 0.00000312. The average molecular weight is 466 g/mol. The summed E-state index contributed by atoms with van der Waals surface area (Å²) in [6, 6.07) is 0. The second-order valence-electron chi connectivity index (χ2n) is 7.15. The topological polar surface area (TPSA) is 74.8 Å². The lowest BCUT2D eigenvalue weighted by Gasteiger charge is -2.22. The van der Waals surface area contributed by atoms with Gasteiger partial charge in [0, 0.05) is 32.2 Å². The summed E-state index contributed by atoms with van der Waals surface area (Å²) in [6.45, 7) is 7.81. The summed E-state index contributed by atoms with van der Waals surface area (Å²) in [5.74, 6) is 1.23. The van der Waals surface area contributed by atoms with Gasteiger partial charge in [-0.15, -0.1) is 24.0 Å². The molecule has 3 N–H and O–H groups in total. The summed E-state index contributed by atoms with van der Waals surface area (Å²) < 4.78 is 5.77. The second-order valence-corrected chi connectivity index (χ2v) is 7.15. The minimum absolute atomic E-state index is 0. The Hall–Kier alpha value is -0.570. The van der Waals surface area contributed by atoms with Gasteiger partial charge in [0.05, 0.1) is 12.1 Å². The molecule has 0 aromatic heterocycles. The normalized spacial score (nSPS) is 24.5. The van der Waals surface area contributed by atoms with Gasteiger partial charge in [-0.1, -0.05) is 19.3 Å². The maximum absolute atomic E-state index is 12.1. The number of nitrogens with one attached hydrogen (secondary N) is 3. The summed E-state index contributed by atoms with van der Waals surface area (Å²) in [6.07, 6.45) is 7.92. The summed E-state index contributed by atoms with van der Waals surface area (Å²) >= 11 is 0. The van der Waals surface area contributed by atoms with Gasteiger partial charge in [0.2, 0.25) is 5.91 Å². The molecule has 146 valence electrons. The van der Waals surface area contributed by atoms with Gasteiger partial charge in [-0.05, 0) is 39.5 Å². The van der Waals surface area contributed by atoms with Crippen LogP contribution in [0.1, 0.15) is 58.8 Å². The molecule has 1 atom stereocenters. The summed E-state index contributed by atoms with van der Waals surface area (Å²) in [5.41, 5.74) is -0.127. The predicted octanol–water partition coefficient (Wildman–Crippen LogP) is 2.43. The zero-order valence-electron chi connectivity index (χ0n) is 15.7. The van der Waals surface area contributed by atoms with Crippen LogP contribution in [0.3, 0.4) is 0 Å². The number of ether oxygens (including phenoxy) is 1. The molecule has 1 amide bonds.